The molecule has 2 saturated heterocycles. The number of amides is 1. The standard InChI is InChI=1S/C25H31N3O4S/c1-20-10-12-21(13-11-20)24(29)22-8-4-5-9-23(22)25(30)26-16-18-28(19-17-26)33(31,32)27-14-6-2-3-7-15-27/h4-5,8-13H,2-3,6-7,14-19H2,1H3. The van der Waals surface area contributed by atoms with Gasteiger partial charge in [-0.25, -0.2) is 0 Å². The maximum Gasteiger partial charge on any atom is 0.282 e. The number of nitrogens with zero attached hydrogens (tertiary/aromatic N) is 3. The third kappa shape index (κ3) is 5.18. The molecule has 1 amide bonds. The number of ketones is 1. The van der Waals surface area contributed by atoms with Crippen LogP contribution in [0.1, 0.15) is 57.5 Å². The Morgan fingerprint density at radius 3 is 1.85 bits per heavy atom. The molecule has 0 radical (unpaired) electrons. The maximum atomic E-state index is 13.3. The van der Waals surface area contributed by atoms with Crippen LogP contribution in [-0.2, 0) is 10.2 Å². The van der Waals surface area contributed by atoms with Crippen molar-refractivity contribution in [1.82, 2.24) is 13.5 Å². The minimum absolute atomic E-state index is 0.193. The summed E-state index contributed by atoms with van der Waals surface area (Å²) in [4.78, 5) is 28.0. The molecule has 2 aliphatic heterocycles. The largest absolute Gasteiger partial charge is 0.336 e. The minimum Gasteiger partial charge on any atom is -0.336 e. The van der Waals surface area contributed by atoms with E-state index in [9.17, 15) is 18.0 Å². The van der Waals surface area contributed by atoms with Gasteiger partial charge in [-0.15, -0.1) is 0 Å². The molecule has 0 aromatic heterocycles. The first-order valence-electron chi connectivity index (χ1n) is 11.6. The third-order valence-electron chi connectivity index (χ3n) is 6.46. The van der Waals surface area contributed by atoms with Gasteiger partial charge in [0.1, 0.15) is 0 Å². The smallest absolute Gasteiger partial charge is 0.282 e. The van der Waals surface area contributed by atoms with Crippen LogP contribution >= 0.6 is 0 Å². The topological polar surface area (TPSA) is 78.0 Å². The van der Waals surface area contributed by atoms with Crippen LogP contribution in [0.5, 0.6) is 0 Å². The van der Waals surface area contributed by atoms with Crippen molar-refractivity contribution in [3.05, 3.63) is 70.8 Å². The van der Waals surface area contributed by atoms with Gasteiger partial charge in [-0.05, 0) is 25.8 Å². The van der Waals surface area contributed by atoms with Crippen molar-refractivity contribution in [2.24, 2.45) is 0 Å². The Bertz CT molecular complexity index is 1100. The number of carbonyl (C=O) groups excluding carboxylic acids is 2. The summed E-state index contributed by atoms with van der Waals surface area (Å²) in [5, 5.41) is 0. The average molecular weight is 470 g/mol. The Hall–Kier alpha value is -2.55. The van der Waals surface area contributed by atoms with Crippen molar-refractivity contribution in [3.63, 3.8) is 0 Å². The molecule has 0 spiro atoms. The lowest BCUT2D eigenvalue weighted by atomic mass is 9.97. The van der Waals surface area contributed by atoms with E-state index in [1.54, 1.807) is 45.6 Å². The Morgan fingerprint density at radius 1 is 0.697 bits per heavy atom. The molecule has 176 valence electrons. The van der Waals surface area contributed by atoms with E-state index in [1.165, 1.54) is 4.31 Å². The molecule has 4 rings (SSSR count). The van der Waals surface area contributed by atoms with Gasteiger partial charge in [0.15, 0.2) is 5.78 Å². The van der Waals surface area contributed by atoms with Gasteiger partial charge >= 0.3 is 0 Å². The second kappa shape index (κ2) is 10.2. The highest BCUT2D eigenvalue weighted by Crippen LogP contribution is 2.21. The van der Waals surface area contributed by atoms with Crippen LogP contribution in [0.15, 0.2) is 48.5 Å². The molecule has 2 aliphatic rings. The van der Waals surface area contributed by atoms with Gasteiger partial charge in [0.2, 0.25) is 0 Å². The van der Waals surface area contributed by atoms with Crippen molar-refractivity contribution >= 4 is 21.9 Å². The molecule has 7 nitrogen and oxygen atoms in total. The van der Waals surface area contributed by atoms with Crippen LogP contribution in [0.25, 0.3) is 0 Å². The van der Waals surface area contributed by atoms with Crippen molar-refractivity contribution < 1.29 is 18.0 Å². The number of aryl methyl sites for hydroxylation is 1. The van der Waals surface area contributed by atoms with E-state index < -0.39 is 10.2 Å². The summed E-state index contributed by atoms with van der Waals surface area (Å²) in [6.07, 6.45) is 3.91. The number of hydrogen-bond donors (Lipinski definition) is 0. The zero-order chi connectivity index (χ0) is 23.4. The van der Waals surface area contributed by atoms with Crippen LogP contribution in [0, 0.1) is 6.92 Å². The number of carbonyl (C=O) groups is 2. The molecule has 33 heavy (non-hydrogen) atoms. The molecule has 2 heterocycles. The van der Waals surface area contributed by atoms with Crippen molar-refractivity contribution in [2.75, 3.05) is 39.3 Å². The summed E-state index contributed by atoms with van der Waals surface area (Å²) in [5.74, 6) is -0.431. The summed E-state index contributed by atoms with van der Waals surface area (Å²) in [7, 11) is -3.51. The molecular weight excluding hydrogens is 438 g/mol. The van der Waals surface area contributed by atoms with Crippen LogP contribution in [0.3, 0.4) is 0 Å². The zero-order valence-electron chi connectivity index (χ0n) is 19.1. The van der Waals surface area contributed by atoms with Gasteiger partial charge in [-0.3, -0.25) is 9.59 Å². The summed E-state index contributed by atoms with van der Waals surface area (Å²) >= 11 is 0. The fourth-order valence-corrected chi connectivity index (χ4v) is 6.13. The van der Waals surface area contributed by atoms with E-state index in [1.807, 2.05) is 19.1 Å². The first-order chi connectivity index (χ1) is 15.9. The SMILES string of the molecule is Cc1ccc(C(=O)c2ccccc2C(=O)N2CCN(S(=O)(=O)N3CCCCCC3)CC2)cc1. The average Bonchev–Trinajstić information content (AvgIpc) is 3.14. The van der Waals surface area contributed by atoms with Crippen molar-refractivity contribution in [3.8, 4) is 0 Å². The van der Waals surface area contributed by atoms with Gasteiger partial charge in [-0.2, -0.15) is 17.0 Å². The molecule has 0 unspecified atom stereocenters. The van der Waals surface area contributed by atoms with Gasteiger partial charge in [0.05, 0.1) is 5.56 Å². The number of rotatable bonds is 5. The molecule has 0 atom stereocenters. The number of benzene rings is 2. The molecule has 0 saturated carbocycles. The summed E-state index contributed by atoms with van der Waals surface area (Å²) in [6, 6.07) is 14.1. The summed E-state index contributed by atoms with van der Waals surface area (Å²) in [5.41, 5.74) is 2.32. The van der Waals surface area contributed by atoms with Gasteiger partial charge < -0.3 is 4.90 Å². The van der Waals surface area contributed by atoms with E-state index in [4.69, 9.17) is 0 Å². The lowest BCUT2D eigenvalue weighted by Crippen LogP contribution is -2.54. The van der Waals surface area contributed by atoms with Crippen LogP contribution < -0.4 is 0 Å². The quantitative estimate of drug-likeness (QED) is 0.631. The fraction of sp³-hybridized carbons (Fsp3) is 0.440. The van der Waals surface area contributed by atoms with Crippen molar-refractivity contribution in [1.29, 1.82) is 0 Å². The first kappa shape index (κ1) is 23.6. The minimum atomic E-state index is -3.51. The highest BCUT2D eigenvalue weighted by Gasteiger charge is 2.34. The Labute approximate surface area is 196 Å². The molecule has 8 heteroatoms. The molecule has 2 fully saturated rings. The normalized spacial score (nSPS) is 18.6. The van der Waals surface area contributed by atoms with Crippen LogP contribution in [0.4, 0.5) is 0 Å². The fourth-order valence-electron chi connectivity index (χ4n) is 4.46. The third-order valence-corrected chi connectivity index (χ3v) is 8.49. The second-order valence-electron chi connectivity index (χ2n) is 8.75. The highest BCUT2D eigenvalue weighted by molar-refractivity contribution is 7.86. The molecule has 0 aliphatic carbocycles. The summed E-state index contributed by atoms with van der Waals surface area (Å²) < 4.78 is 29.2. The molecule has 0 bridgehead atoms. The number of piperazine rings is 1. The Morgan fingerprint density at radius 2 is 1.24 bits per heavy atom. The molecule has 2 aromatic rings. The highest BCUT2D eigenvalue weighted by atomic mass is 32.2. The van der Waals surface area contributed by atoms with Gasteiger partial charge in [0.25, 0.3) is 16.1 Å². The predicted molar refractivity (Wildman–Crippen MR) is 127 cm³/mol. The lowest BCUT2D eigenvalue weighted by molar-refractivity contribution is 0.0690. The van der Waals surface area contributed by atoms with E-state index in [0.29, 0.717) is 42.9 Å². The predicted octanol–water partition coefficient (Wildman–Crippen LogP) is 3.10. The Balaban J connectivity index is 1.46. The Kier molecular flexibility index (Phi) is 7.26. The summed E-state index contributed by atoms with van der Waals surface area (Å²) in [6.45, 7) is 4.22. The number of hydrogen-bond acceptors (Lipinski definition) is 4. The van der Waals surface area contributed by atoms with Crippen molar-refractivity contribution in [2.45, 2.75) is 32.6 Å². The maximum absolute atomic E-state index is 13.3. The van der Waals surface area contributed by atoms with Gasteiger partial charge in [-0.1, -0.05) is 60.9 Å². The van der Waals surface area contributed by atoms with E-state index >= 15 is 0 Å². The molecular formula is C25H31N3O4S. The molecule has 2 aromatic carbocycles. The van der Waals surface area contributed by atoms with E-state index in [-0.39, 0.29) is 24.8 Å². The zero-order valence-corrected chi connectivity index (χ0v) is 19.9. The van der Waals surface area contributed by atoms with Crippen LogP contribution in [0.2, 0.25) is 0 Å². The van der Waals surface area contributed by atoms with E-state index in [0.717, 1.165) is 31.2 Å². The van der Waals surface area contributed by atoms with Crippen LogP contribution in [-0.4, -0.2) is 72.9 Å². The second-order valence-corrected chi connectivity index (χ2v) is 10.7. The van der Waals surface area contributed by atoms with E-state index in [2.05, 4.69) is 0 Å². The lowest BCUT2D eigenvalue weighted by Gasteiger charge is -2.36. The molecule has 0 N–H and O–H groups in total. The van der Waals surface area contributed by atoms with Gasteiger partial charge in [0, 0.05) is 50.4 Å². The first-order valence-corrected chi connectivity index (χ1v) is 13.0. The monoisotopic (exact) mass is 469 g/mol.